The average molecular weight is 434 g/mol. The van der Waals surface area contributed by atoms with Crippen molar-refractivity contribution >= 4 is 38.7 Å². The number of carbonyl (C=O) groups excluding carboxylic acids is 1. The highest BCUT2D eigenvalue weighted by atomic mass is 79.9. The molecule has 0 unspecified atom stereocenters. The molecule has 0 aliphatic heterocycles. The maximum Gasteiger partial charge on any atom is 0.332 e. The van der Waals surface area contributed by atoms with Gasteiger partial charge in [-0.05, 0) is 31.0 Å². The third-order valence-electron chi connectivity index (χ3n) is 4.48. The van der Waals surface area contributed by atoms with Gasteiger partial charge < -0.3 is 9.88 Å². The van der Waals surface area contributed by atoms with E-state index in [9.17, 15) is 14.4 Å². The van der Waals surface area contributed by atoms with E-state index in [2.05, 4.69) is 26.2 Å². The summed E-state index contributed by atoms with van der Waals surface area (Å²) in [4.78, 5) is 40.7. The molecule has 0 saturated carbocycles. The van der Waals surface area contributed by atoms with Gasteiger partial charge in [0.05, 0.1) is 6.33 Å². The van der Waals surface area contributed by atoms with Crippen molar-refractivity contribution in [1.82, 2.24) is 18.7 Å². The SMILES string of the molecule is Cc1ccc(NC(=O)CCCn2cnc3c2c(=O)n(C)c(=O)n3C)cc1Br. The smallest absolute Gasteiger partial charge is 0.326 e. The van der Waals surface area contributed by atoms with E-state index in [1.165, 1.54) is 17.9 Å². The molecule has 1 aromatic carbocycles. The van der Waals surface area contributed by atoms with Gasteiger partial charge in [-0.15, -0.1) is 0 Å². The Morgan fingerprint density at radius 1 is 1.22 bits per heavy atom. The lowest BCUT2D eigenvalue weighted by atomic mass is 10.2. The van der Waals surface area contributed by atoms with E-state index in [-0.39, 0.29) is 11.5 Å². The number of anilines is 1. The summed E-state index contributed by atoms with van der Waals surface area (Å²) >= 11 is 3.44. The van der Waals surface area contributed by atoms with Crippen molar-refractivity contribution in [2.75, 3.05) is 5.32 Å². The van der Waals surface area contributed by atoms with Gasteiger partial charge >= 0.3 is 5.69 Å². The molecule has 0 radical (unpaired) electrons. The quantitative estimate of drug-likeness (QED) is 0.665. The largest absolute Gasteiger partial charge is 0.332 e. The third-order valence-corrected chi connectivity index (χ3v) is 5.33. The second kappa shape index (κ2) is 7.51. The van der Waals surface area contributed by atoms with E-state index in [0.29, 0.717) is 30.6 Å². The number of rotatable bonds is 5. The zero-order chi connectivity index (χ0) is 19.7. The number of fused-ring (bicyclic) bond motifs is 1. The maximum atomic E-state index is 12.4. The molecule has 0 fully saturated rings. The predicted molar refractivity (Wildman–Crippen MR) is 107 cm³/mol. The highest BCUT2D eigenvalue weighted by Gasteiger charge is 2.14. The number of nitrogens with one attached hydrogen (secondary N) is 1. The molecule has 8 nitrogen and oxygen atoms in total. The average Bonchev–Trinajstić information content (AvgIpc) is 3.05. The Hall–Kier alpha value is -2.68. The minimum atomic E-state index is -0.415. The number of imidazole rings is 1. The second-order valence-corrected chi connectivity index (χ2v) is 7.29. The fourth-order valence-electron chi connectivity index (χ4n) is 2.87. The molecule has 1 amide bonds. The first-order valence-electron chi connectivity index (χ1n) is 8.46. The minimum Gasteiger partial charge on any atom is -0.326 e. The molecule has 2 heterocycles. The minimum absolute atomic E-state index is 0.101. The van der Waals surface area contributed by atoms with Crippen LogP contribution in [0.5, 0.6) is 0 Å². The summed E-state index contributed by atoms with van der Waals surface area (Å²) in [6.07, 6.45) is 2.37. The van der Waals surface area contributed by atoms with Crippen LogP contribution in [0.1, 0.15) is 18.4 Å². The Morgan fingerprint density at radius 3 is 2.67 bits per heavy atom. The Morgan fingerprint density at radius 2 is 1.96 bits per heavy atom. The van der Waals surface area contributed by atoms with Gasteiger partial charge in [0.25, 0.3) is 5.56 Å². The molecule has 9 heteroatoms. The fraction of sp³-hybridized carbons (Fsp3) is 0.333. The first kappa shape index (κ1) is 19.1. The molecule has 0 atom stereocenters. The van der Waals surface area contributed by atoms with Crippen LogP contribution in [0.3, 0.4) is 0 Å². The van der Waals surface area contributed by atoms with E-state index in [0.717, 1.165) is 20.3 Å². The van der Waals surface area contributed by atoms with Crippen molar-refractivity contribution in [3.05, 3.63) is 55.4 Å². The molecule has 3 rings (SSSR count). The van der Waals surface area contributed by atoms with Gasteiger partial charge in [-0.3, -0.25) is 18.7 Å². The molecule has 0 saturated heterocycles. The lowest BCUT2D eigenvalue weighted by molar-refractivity contribution is -0.116. The van der Waals surface area contributed by atoms with Crippen LogP contribution in [0, 0.1) is 6.92 Å². The molecule has 0 spiro atoms. The van der Waals surface area contributed by atoms with Gasteiger partial charge in [-0.2, -0.15) is 0 Å². The van der Waals surface area contributed by atoms with E-state index < -0.39 is 5.69 Å². The summed E-state index contributed by atoms with van der Waals surface area (Å²) in [7, 11) is 3.02. The van der Waals surface area contributed by atoms with Crippen molar-refractivity contribution in [1.29, 1.82) is 0 Å². The number of benzene rings is 1. The molecule has 3 aromatic rings. The van der Waals surface area contributed by atoms with Gasteiger partial charge in [-0.25, -0.2) is 9.78 Å². The van der Waals surface area contributed by atoms with Crippen molar-refractivity contribution in [2.45, 2.75) is 26.3 Å². The lowest BCUT2D eigenvalue weighted by Gasteiger charge is -2.08. The van der Waals surface area contributed by atoms with Crippen molar-refractivity contribution in [2.24, 2.45) is 14.1 Å². The van der Waals surface area contributed by atoms with Crippen molar-refractivity contribution in [3.8, 4) is 0 Å². The molecule has 2 aromatic heterocycles. The number of hydrogen-bond donors (Lipinski definition) is 1. The predicted octanol–water partition coefficient (Wildman–Crippen LogP) is 1.92. The van der Waals surface area contributed by atoms with Crippen molar-refractivity contribution in [3.63, 3.8) is 0 Å². The maximum absolute atomic E-state index is 12.4. The van der Waals surface area contributed by atoms with E-state index in [1.807, 2.05) is 25.1 Å². The number of aryl methyl sites for hydroxylation is 3. The molecular formula is C18H20BrN5O3. The molecule has 27 heavy (non-hydrogen) atoms. The summed E-state index contributed by atoms with van der Waals surface area (Å²) in [6, 6.07) is 5.64. The number of nitrogens with zero attached hydrogens (tertiary/aromatic N) is 4. The summed E-state index contributed by atoms with van der Waals surface area (Å²) in [5, 5.41) is 2.86. The monoisotopic (exact) mass is 433 g/mol. The van der Waals surface area contributed by atoms with Crippen LogP contribution in [-0.2, 0) is 25.4 Å². The highest BCUT2D eigenvalue weighted by Crippen LogP contribution is 2.20. The normalized spacial score (nSPS) is 11.1. The molecule has 0 aliphatic carbocycles. The zero-order valence-electron chi connectivity index (χ0n) is 15.3. The molecule has 142 valence electrons. The third kappa shape index (κ3) is 3.73. The van der Waals surface area contributed by atoms with Crippen LogP contribution in [0.15, 0.2) is 38.6 Å². The Kier molecular flexibility index (Phi) is 5.31. The number of halogens is 1. The van der Waals surface area contributed by atoms with Crippen LogP contribution >= 0.6 is 15.9 Å². The topological polar surface area (TPSA) is 90.9 Å². The van der Waals surface area contributed by atoms with E-state index >= 15 is 0 Å². The van der Waals surface area contributed by atoms with Crippen LogP contribution in [0.2, 0.25) is 0 Å². The number of hydrogen-bond acceptors (Lipinski definition) is 4. The fourth-order valence-corrected chi connectivity index (χ4v) is 3.25. The summed E-state index contributed by atoms with van der Waals surface area (Å²) in [5.74, 6) is -0.101. The second-order valence-electron chi connectivity index (χ2n) is 6.43. The number of aromatic nitrogens is 4. The molecule has 0 bridgehead atoms. The zero-order valence-corrected chi connectivity index (χ0v) is 16.9. The summed E-state index contributed by atoms with van der Waals surface area (Å²) in [6.45, 7) is 2.43. The standard InChI is InChI=1S/C18H20BrN5O3/c1-11-6-7-12(9-13(11)19)21-14(25)5-4-8-24-10-20-16-15(24)17(26)23(3)18(27)22(16)2/h6-7,9-10H,4-5,8H2,1-3H3,(H,21,25). The molecule has 0 aliphatic rings. The van der Waals surface area contributed by atoms with Crippen LogP contribution < -0.4 is 16.6 Å². The Labute approximate surface area is 163 Å². The van der Waals surface area contributed by atoms with Crippen LogP contribution in [0.4, 0.5) is 5.69 Å². The Bertz CT molecular complexity index is 1140. The van der Waals surface area contributed by atoms with Crippen LogP contribution in [0.25, 0.3) is 11.2 Å². The van der Waals surface area contributed by atoms with E-state index in [4.69, 9.17) is 0 Å². The Balaban J connectivity index is 1.69. The summed E-state index contributed by atoms with van der Waals surface area (Å²) in [5.41, 5.74) is 1.73. The van der Waals surface area contributed by atoms with E-state index in [1.54, 1.807) is 11.6 Å². The first-order valence-corrected chi connectivity index (χ1v) is 9.25. The van der Waals surface area contributed by atoms with Crippen LogP contribution in [-0.4, -0.2) is 24.6 Å². The van der Waals surface area contributed by atoms with Gasteiger partial charge in [0.2, 0.25) is 5.91 Å². The number of carbonyl (C=O) groups is 1. The lowest BCUT2D eigenvalue weighted by Crippen LogP contribution is -2.37. The van der Waals surface area contributed by atoms with Crippen molar-refractivity contribution < 1.29 is 4.79 Å². The van der Waals surface area contributed by atoms with Gasteiger partial charge in [0.1, 0.15) is 0 Å². The molecule has 1 N–H and O–H groups in total. The van der Waals surface area contributed by atoms with Gasteiger partial charge in [0.15, 0.2) is 11.2 Å². The molecular weight excluding hydrogens is 414 g/mol. The van der Waals surface area contributed by atoms with Gasteiger partial charge in [-0.1, -0.05) is 22.0 Å². The number of amides is 1. The first-order chi connectivity index (χ1) is 12.8. The summed E-state index contributed by atoms with van der Waals surface area (Å²) < 4.78 is 5.02. The van der Waals surface area contributed by atoms with Gasteiger partial charge in [0, 0.05) is 37.2 Å². The highest BCUT2D eigenvalue weighted by molar-refractivity contribution is 9.10.